The van der Waals surface area contributed by atoms with Gasteiger partial charge in [-0.3, -0.25) is 0 Å². The molecule has 0 unspecified atom stereocenters. The lowest BCUT2D eigenvalue weighted by atomic mass is 10.5. The van der Waals surface area contributed by atoms with E-state index in [1.165, 1.54) is 0 Å². The van der Waals surface area contributed by atoms with E-state index >= 15 is 0 Å². The first-order chi connectivity index (χ1) is 3.77. The summed E-state index contributed by atoms with van der Waals surface area (Å²) in [6.07, 6.45) is -2.49. The largest absolute Gasteiger partial charge is 0.240 e. The topological polar surface area (TPSA) is 12.4 Å². The summed E-state index contributed by atoms with van der Waals surface area (Å²) in [4.78, 5) is 3.30. The summed E-state index contributed by atoms with van der Waals surface area (Å²) in [7, 11) is 0. The van der Waals surface area contributed by atoms with E-state index in [9.17, 15) is 8.78 Å². The predicted molar refractivity (Wildman–Crippen MR) is 30.5 cm³/mol. The lowest BCUT2D eigenvalue weighted by Crippen LogP contribution is -1.91. The van der Waals surface area contributed by atoms with Crippen molar-refractivity contribution in [3.05, 3.63) is 0 Å². The second-order valence-electron chi connectivity index (χ2n) is 1.15. The quantitative estimate of drug-likeness (QED) is 0.426. The maximum absolute atomic E-state index is 11.2. The Morgan fingerprint density at radius 3 is 2.62 bits per heavy atom. The molecule has 0 radical (unpaired) electrons. The van der Waals surface area contributed by atoms with E-state index < -0.39 is 6.43 Å². The molecular formula is C4H5F2NS. The van der Waals surface area contributed by atoms with Gasteiger partial charge in [-0.15, -0.1) is 0 Å². The van der Waals surface area contributed by atoms with Crippen molar-refractivity contribution in [2.24, 2.45) is 4.99 Å². The molecule has 1 nitrogen and oxygen atoms in total. The molecule has 8 heavy (non-hydrogen) atoms. The molecule has 0 atom stereocenters. The van der Waals surface area contributed by atoms with Gasteiger partial charge in [0.15, 0.2) is 0 Å². The monoisotopic (exact) mass is 137 g/mol. The van der Waals surface area contributed by atoms with Crippen molar-refractivity contribution in [3.63, 3.8) is 0 Å². The first-order valence-corrected chi connectivity index (χ1v) is 2.50. The van der Waals surface area contributed by atoms with Crippen LogP contribution in [0.15, 0.2) is 4.99 Å². The van der Waals surface area contributed by atoms with Gasteiger partial charge in [-0.25, -0.2) is 13.8 Å². The van der Waals surface area contributed by atoms with Crippen LogP contribution >= 0.6 is 12.2 Å². The van der Waals surface area contributed by atoms with Gasteiger partial charge in [-0.1, -0.05) is 0 Å². The third kappa shape index (κ3) is 5.66. The lowest BCUT2D eigenvalue weighted by molar-refractivity contribution is 0.141. The molecule has 0 rings (SSSR count). The predicted octanol–water partition coefficient (Wildman–Crippen LogP) is 1.74. The minimum Gasteiger partial charge on any atom is -0.232 e. The fourth-order valence-electron chi connectivity index (χ4n) is 0.208. The van der Waals surface area contributed by atoms with Crippen molar-refractivity contribution in [1.82, 2.24) is 0 Å². The van der Waals surface area contributed by atoms with Gasteiger partial charge >= 0.3 is 0 Å². The number of rotatable bonds is 3. The third-order valence-electron chi connectivity index (χ3n) is 0.524. The highest BCUT2D eigenvalue weighted by Gasteiger charge is 1.98. The van der Waals surface area contributed by atoms with Gasteiger partial charge in [0.2, 0.25) is 6.43 Å². The van der Waals surface area contributed by atoms with Crippen molar-refractivity contribution in [2.45, 2.75) is 12.8 Å². The number of halogens is 2. The van der Waals surface area contributed by atoms with Crippen LogP contribution in [0.1, 0.15) is 6.42 Å². The Hall–Kier alpha value is -0.340. The highest BCUT2D eigenvalue weighted by atomic mass is 32.1. The molecule has 46 valence electrons. The van der Waals surface area contributed by atoms with Gasteiger partial charge in [0.25, 0.3) is 0 Å². The molecule has 0 aromatic heterocycles. The lowest BCUT2D eigenvalue weighted by Gasteiger charge is -1.88. The number of thiocarbonyl (C=S) groups is 1. The van der Waals surface area contributed by atoms with Crippen molar-refractivity contribution < 1.29 is 8.78 Å². The minimum atomic E-state index is -2.28. The average Bonchev–Trinajstić information content (AvgIpc) is 1.66. The van der Waals surface area contributed by atoms with Crippen LogP contribution in [0.2, 0.25) is 0 Å². The zero-order valence-electron chi connectivity index (χ0n) is 4.10. The molecule has 4 heteroatoms. The van der Waals surface area contributed by atoms with Crippen molar-refractivity contribution in [2.75, 3.05) is 6.54 Å². The number of alkyl halides is 2. The second-order valence-corrected chi connectivity index (χ2v) is 1.34. The molecule has 0 aliphatic rings. The Morgan fingerprint density at radius 2 is 2.25 bits per heavy atom. The molecule has 0 saturated heterocycles. The van der Waals surface area contributed by atoms with E-state index in [2.05, 4.69) is 17.2 Å². The summed E-state index contributed by atoms with van der Waals surface area (Å²) < 4.78 is 22.5. The molecule has 0 heterocycles. The van der Waals surface area contributed by atoms with E-state index in [4.69, 9.17) is 0 Å². The number of aliphatic imine (C=N–C) groups is 1. The van der Waals surface area contributed by atoms with Crippen molar-refractivity contribution >= 4 is 17.4 Å². The Bertz CT molecular complexity index is 98.2. The Kier molecular flexibility index (Phi) is 4.61. The minimum absolute atomic E-state index is 0.0845. The fraction of sp³-hybridized carbons (Fsp3) is 0.750. The molecule has 0 N–H and O–H groups in total. The van der Waals surface area contributed by atoms with Crippen LogP contribution in [-0.4, -0.2) is 18.1 Å². The SMILES string of the molecule is FC(F)CCN=C=S. The second kappa shape index (κ2) is 4.81. The fourth-order valence-corrected chi connectivity index (χ4v) is 0.299. The highest BCUT2D eigenvalue weighted by molar-refractivity contribution is 7.78. The average molecular weight is 137 g/mol. The summed E-state index contributed by atoms with van der Waals surface area (Å²) in [6, 6.07) is 0. The van der Waals surface area contributed by atoms with E-state index in [1.807, 2.05) is 5.16 Å². The zero-order valence-corrected chi connectivity index (χ0v) is 4.92. The van der Waals surface area contributed by atoms with Gasteiger partial charge in [0, 0.05) is 6.42 Å². The molecular weight excluding hydrogens is 132 g/mol. The number of nitrogens with zero attached hydrogens (tertiary/aromatic N) is 1. The summed E-state index contributed by atoms with van der Waals surface area (Å²) in [5, 5.41) is 2.00. The third-order valence-corrected chi connectivity index (χ3v) is 0.653. The molecule has 0 fully saturated rings. The smallest absolute Gasteiger partial charge is 0.232 e. The standard InChI is InChI=1S/C4H5F2NS/c5-4(6)1-2-7-3-8/h4H,1-2H2. The van der Waals surface area contributed by atoms with Gasteiger partial charge < -0.3 is 0 Å². The molecule has 0 aliphatic heterocycles. The van der Waals surface area contributed by atoms with Gasteiger partial charge in [-0.2, -0.15) is 0 Å². The Balaban J connectivity index is 3.05. The maximum Gasteiger partial charge on any atom is 0.240 e. The van der Waals surface area contributed by atoms with Crippen LogP contribution in [0.25, 0.3) is 0 Å². The van der Waals surface area contributed by atoms with Crippen molar-refractivity contribution in [1.29, 1.82) is 0 Å². The van der Waals surface area contributed by atoms with Crippen LogP contribution in [0.4, 0.5) is 8.78 Å². The van der Waals surface area contributed by atoms with Crippen LogP contribution in [0.3, 0.4) is 0 Å². The Labute approximate surface area is 51.4 Å². The number of hydrogen-bond acceptors (Lipinski definition) is 2. The van der Waals surface area contributed by atoms with E-state index in [-0.39, 0.29) is 13.0 Å². The molecule has 0 amide bonds. The van der Waals surface area contributed by atoms with Crippen LogP contribution in [-0.2, 0) is 0 Å². The van der Waals surface area contributed by atoms with E-state index in [1.54, 1.807) is 0 Å². The molecule has 0 aliphatic carbocycles. The van der Waals surface area contributed by atoms with Gasteiger partial charge in [0.1, 0.15) is 0 Å². The highest BCUT2D eigenvalue weighted by Crippen LogP contribution is 1.96. The summed E-state index contributed by atoms with van der Waals surface area (Å²) in [5.41, 5.74) is 0. The van der Waals surface area contributed by atoms with Gasteiger partial charge in [0.05, 0.1) is 11.7 Å². The maximum atomic E-state index is 11.2. The molecule has 0 saturated carbocycles. The molecule has 0 spiro atoms. The Morgan fingerprint density at radius 1 is 1.62 bits per heavy atom. The normalized spacial score (nSPS) is 8.88. The first kappa shape index (κ1) is 7.66. The molecule has 0 aromatic carbocycles. The molecule has 0 bridgehead atoms. The molecule has 0 aromatic rings. The van der Waals surface area contributed by atoms with Crippen LogP contribution in [0.5, 0.6) is 0 Å². The first-order valence-electron chi connectivity index (χ1n) is 2.09. The number of hydrogen-bond donors (Lipinski definition) is 0. The van der Waals surface area contributed by atoms with Crippen LogP contribution < -0.4 is 0 Å². The summed E-state index contributed by atoms with van der Waals surface area (Å²) in [6.45, 7) is 0.0845. The summed E-state index contributed by atoms with van der Waals surface area (Å²) >= 11 is 4.14. The summed E-state index contributed by atoms with van der Waals surface area (Å²) in [5.74, 6) is 0. The van der Waals surface area contributed by atoms with E-state index in [0.717, 1.165) is 0 Å². The van der Waals surface area contributed by atoms with E-state index in [0.29, 0.717) is 0 Å². The van der Waals surface area contributed by atoms with Gasteiger partial charge in [-0.05, 0) is 12.2 Å². The zero-order chi connectivity index (χ0) is 6.41. The van der Waals surface area contributed by atoms with Crippen LogP contribution in [0, 0.1) is 0 Å². The van der Waals surface area contributed by atoms with Crippen molar-refractivity contribution in [3.8, 4) is 0 Å². The number of isothiocyanates is 1.